The number of nitrogens with one attached hydrogen (secondary N) is 1. The molecule has 0 aliphatic rings. The van der Waals surface area contributed by atoms with Crippen LogP contribution < -0.4 is 14.8 Å². The van der Waals surface area contributed by atoms with E-state index in [1.165, 1.54) is 0 Å². The second-order valence-corrected chi connectivity index (χ2v) is 5.55. The highest BCUT2D eigenvalue weighted by molar-refractivity contribution is 5.67. The molecule has 3 heterocycles. The number of pyridine rings is 1. The van der Waals surface area contributed by atoms with Crippen LogP contribution in [0.1, 0.15) is 0 Å². The van der Waals surface area contributed by atoms with Crippen molar-refractivity contribution < 1.29 is 9.47 Å². The molecule has 1 aromatic carbocycles. The molecule has 0 radical (unpaired) electrons. The summed E-state index contributed by atoms with van der Waals surface area (Å²) < 4.78 is 12.2. The van der Waals surface area contributed by atoms with Gasteiger partial charge < -0.3 is 14.8 Å². The number of fused-ring (bicyclic) bond motifs is 1. The van der Waals surface area contributed by atoms with E-state index in [9.17, 15) is 0 Å². The first kappa shape index (κ1) is 15.9. The Morgan fingerprint density at radius 1 is 0.885 bits per heavy atom. The van der Waals surface area contributed by atoms with E-state index >= 15 is 0 Å². The van der Waals surface area contributed by atoms with Gasteiger partial charge >= 0.3 is 0 Å². The number of methoxy groups -OCH3 is 2. The molecule has 7 heteroatoms. The van der Waals surface area contributed by atoms with Crippen LogP contribution in [0.2, 0.25) is 0 Å². The van der Waals surface area contributed by atoms with Gasteiger partial charge in [-0.1, -0.05) is 12.1 Å². The summed E-state index contributed by atoms with van der Waals surface area (Å²) in [4.78, 5) is 8.63. The van der Waals surface area contributed by atoms with Crippen molar-refractivity contribution in [2.24, 2.45) is 0 Å². The Morgan fingerprint density at radius 2 is 1.77 bits per heavy atom. The lowest BCUT2D eigenvalue weighted by molar-refractivity contribution is 0.398. The molecule has 1 N–H and O–H groups in total. The predicted molar refractivity (Wildman–Crippen MR) is 99.0 cm³/mol. The minimum atomic E-state index is 0.566. The third-order valence-corrected chi connectivity index (χ3v) is 3.97. The summed E-state index contributed by atoms with van der Waals surface area (Å²) in [5, 5.41) is 8.00. The van der Waals surface area contributed by atoms with Crippen molar-refractivity contribution in [2.45, 2.75) is 0 Å². The van der Waals surface area contributed by atoms with Gasteiger partial charge in [-0.3, -0.25) is 0 Å². The van der Waals surface area contributed by atoms with Crippen LogP contribution in [0.25, 0.3) is 16.9 Å². The van der Waals surface area contributed by atoms with Gasteiger partial charge in [0.25, 0.3) is 0 Å². The highest BCUT2D eigenvalue weighted by Crippen LogP contribution is 2.27. The number of aromatic nitrogens is 4. The molecule has 0 saturated carbocycles. The zero-order valence-corrected chi connectivity index (χ0v) is 14.4. The standard InChI is InChI=1S/C19H17N5O2/c1-25-16-6-4-3-5-15(16)22-18-12-20-17-9-8-14(23-24(17)18)13-7-10-19(26-2)21-11-13/h3-12,22H,1-2H3. The third-order valence-electron chi connectivity index (χ3n) is 3.97. The first-order valence-corrected chi connectivity index (χ1v) is 8.04. The van der Waals surface area contributed by atoms with E-state index in [-0.39, 0.29) is 0 Å². The average Bonchev–Trinajstić information content (AvgIpc) is 3.10. The van der Waals surface area contributed by atoms with E-state index in [2.05, 4.69) is 20.4 Å². The molecule has 0 fully saturated rings. The van der Waals surface area contributed by atoms with Crippen LogP contribution in [0.5, 0.6) is 11.6 Å². The maximum Gasteiger partial charge on any atom is 0.212 e. The number of rotatable bonds is 5. The highest BCUT2D eigenvalue weighted by atomic mass is 16.5. The molecule has 0 unspecified atom stereocenters. The topological polar surface area (TPSA) is 73.6 Å². The van der Waals surface area contributed by atoms with Gasteiger partial charge in [-0.25, -0.2) is 9.97 Å². The summed E-state index contributed by atoms with van der Waals surface area (Å²) >= 11 is 0. The number of hydrogen-bond donors (Lipinski definition) is 1. The second kappa shape index (κ2) is 6.72. The number of benzene rings is 1. The van der Waals surface area contributed by atoms with Gasteiger partial charge in [-0.15, -0.1) is 0 Å². The second-order valence-electron chi connectivity index (χ2n) is 5.55. The van der Waals surface area contributed by atoms with Crippen molar-refractivity contribution >= 4 is 17.2 Å². The maximum absolute atomic E-state index is 5.39. The zero-order chi connectivity index (χ0) is 17.9. The molecule has 0 amide bonds. The quantitative estimate of drug-likeness (QED) is 0.595. The van der Waals surface area contributed by atoms with E-state index in [1.54, 1.807) is 31.1 Å². The Kier molecular flexibility index (Phi) is 4.10. The lowest BCUT2D eigenvalue weighted by Gasteiger charge is -2.10. The fraction of sp³-hybridized carbons (Fsp3) is 0.105. The fourth-order valence-corrected chi connectivity index (χ4v) is 2.65. The summed E-state index contributed by atoms with van der Waals surface area (Å²) in [7, 11) is 3.23. The number of ether oxygens (including phenoxy) is 2. The number of nitrogens with zero attached hydrogens (tertiary/aromatic N) is 4. The van der Waals surface area contributed by atoms with E-state index in [4.69, 9.17) is 9.47 Å². The minimum Gasteiger partial charge on any atom is -0.495 e. The van der Waals surface area contributed by atoms with Gasteiger partial charge in [-0.2, -0.15) is 9.61 Å². The predicted octanol–water partition coefficient (Wildman–Crippen LogP) is 3.55. The summed E-state index contributed by atoms with van der Waals surface area (Å²) in [6.45, 7) is 0. The number of anilines is 2. The number of imidazole rings is 1. The molecule has 130 valence electrons. The molecular weight excluding hydrogens is 330 g/mol. The monoisotopic (exact) mass is 347 g/mol. The third kappa shape index (κ3) is 2.90. The molecule has 0 aliphatic carbocycles. The van der Waals surface area contributed by atoms with Crippen molar-refractivity contribution in [3.05, 3.63) is 60.9 Å². The largest absolute Gasteiger partial charge is 0.495 e. The van der Waals surface area contributed by atoms with Gasteiger partial charge in [0.2, 0.25) is 5.88 Å². The molecule has 4 rings (SSSR count). The molecule has 0 atom stereocenters. The number of para-hydroxylation sites is 2. The molecule has 0 bridgehead atoms. The van der Waals surface area contributed by atoms with Gasteiger partial charge in [0, 0.05) is 17.8 Å². The van der Waals surface area contributed by atoms with Crippen LogP contribution in [0.4, 0.5) is 11.5 Å². The Hall–Kier alpha value is -3.61. The molecular formula is C19H17N5O2. The van der Waals surface area contributed by atoms with E-state index in [0.29, 0.717) is 5.88 Å². The Labute approximate surface area is 150 Å². The zero-order valence-electron chi connectivity index (χ0n) is 14.4. The van der Waals surface area contributed by atoms with E-state index < -0.39 is 0 Å². The van der Waals surface area contributed by atoms with E-state index in [1.807, 2.05) is 48.5 Å². The molecule has 0 spiro atoms. The maximum atomic E-state index is 5.39. The average molecular weight is 347 g/mol. The Bertz CT molecular complexity index is 1040. The normalized spacial score (nSPS) is 10.7. The summed E-state index contributed by atoms with van der Waals surface area (Å²) in [5.41, 5.74) is 3.26. The first-order chi connectivity index (χ1) is 12.8. The Morgan fingerprint density at radius 3 is 2.54 bits per heavy atom. The van der Waals surface area contributed by atoms with Crippen molar-refractivity contribution in [3.8, 4) is 22.9 Å². The van der Waals surface area contributed by atoms with Gasteiger partial charge in [0.1, 0.15) is 5.75 Å². The van der Waals surface area contributed by atoms with Crippen LogP contribution in [0, 0.1) is 0 Å². The molecule has 3 aromatic heterocycles. The minimum absolute atomic E-state index is 0.566. The van der Waals surface area contributed by atoms with Crippen LogP contribution in [0.3, 0.4) is 0 Å². The molecule has 26 heavy (non-hydrogen) atoms. The lowest BCUT2D eigenvalue weighted by atomic mass is 10.2. The Balaban J connectivity index is 1.72. The van der Waals surface area contributed by atoms with Crippen molar-refractivity contribution in [1.82, 2.24) is 19.6 Å². The lowest BCUT2D eigenvalue weighted by Crippen LogP contribution is -2.01. The van der Waals surface area contributed by atoms with Crippen LogP contribution >= 0.6 is 0 Å². The number of hydrogen-bond acceptors (Lipinski definition) is 6. The molecule has 7 nitrogen and oxygen atoms in total. The summed E-state index contributed by atoms with van der Waals surface area (Å²) in [6.07, 6.45) is 3.47. The van der Waals surface area contributed by atoms with Gasteiger partial charge in [-0.05, 0) is 30.3 Å². The van der Waals surface area contributed by atoms with Gasteiger partial charge in [0.15, 0.2) is 11.5 Å². The van der Waals surface area contributed by atoms with Crippen molar-refractivity contribution in [2.75, 3.05) is 19.5 Å². The van der Waals surface area contributed by atoms with Crippen LogP contribution in [-0.4, -0.2) is 33.8 Å². The smallest absolute Gasteiger partial charge is 0.212 e. The van der Waals surface area contributed by atoms with Gasteiger partial charge in [0.05, 0.1) is 31.8 Å². The fourth-order valence-electron chi connectivity index (χ4n) is 2.65. The first-order valence-electron chi connectivity index (χ1n) is 8.04. The molecule has 4 aromatic rings. The summed E-state index contributed by atoms with van der Waals surface area (Å²) in [6, 6.07) is 15.3. The molecule has 0 saturated heterocycles. The van der Waals surface area contributed by atoms with Crippen LogP contribution in [-0.2, 0) is 0 Å². The summed E-state index contributed by atoms with van der Waals surface area (Å²) in [5.74, 6) is 2.06. The highest BCUT2D eigenvalue weighted by Gasteiger charge is 2.10. The SMILES string of the molecule is COc1ccc(-c2ccc3ncc(Nc4ccccc4OC)n3n2)cn1. The molecule has 0 aliphatic heterocycles. The van der Waals surface area contributed by atoms with E-state index in [0.717, 1.165) is 34.2 Å². The van der Waals surface area contributed by atoms with Crippen molar-refractivity contribution in [3.63, 3.8) is 0 Å². The van der Waals surface area contributed by atoms with Crippen molar-refractivity contribution in [1.29, 1.82) is 0 Å². The van der Waals surface area contributed by atoms with Crippen LogP contribution in [0.15, 0.2) is 60.9 Å².